The molecule has 8 heavy (non-hydrogen) atoms. The fraction of sp³-hybridized carbons (Fsp3) is 1.00. The second kappa shape index (κ2) is 2.98. The first-order valence-corrected chi connectivity index (χ1v) is 3.36. The average molecular weight is 229 g/mol. The molecule has 0 aliphatic rings. The summed E-state index contributed by atoms with van der Waals surface area (Å²) in [7, 11) is 3.97. The fourth-order valence-corrected chi connectivity index (χ4v) is 0.463. The van der Waals surface area contributed by atoms with Crippen molar-refractivity contribution in [2.45, 2.75) is 19.6 Å². The fourth-order valence-electron chi connectivity index (χ4n) is 0.0690. The number of hydrogen-bond donors (Lipinski definition) is 0. The molecule has 0 atom stereocenters. The second-order valence-electron chi connectivity index (χ2n) is 2.42. The molecular formula is C5H12INO. The summed E-state index contributed by atoms with van der Waals surface area (Å²) in [5.41, 5.74) is -0.138. The highest BCUT2D eigenvalue weighted by Gasteiger charge is 2.18. The van der Waals surface area contributed by atoms with Gasteiger partial charge in [0.1, 0.15) is 28.7 Å². The molecule has 0 saturated carbocycles. The standard InChI is InChI=1S/C5H12INO/c1-5(2,8-6)7(3)4/h1-4H3. The van der Waals surface area contributed by atoms with Crippen LogP contribution in [0.3, 0.4) is 0 Å². The van der Waals surface area contributed by atoms with Crippen LogP contribution in [0.2, 0.25) is 0 Å². The van der Waals surface area contributed by atoms with Gasteiger partial charge >= 0.3 is 0 Å². The summed E-state index contributed by atoms with van der Waals surface area (Å²) in [5, 5.41) is 0. The van der Waals surface area contributed by atoms with Crippen molar-refractivity contribution in [3.05, 3.63) is 0 Å². The Kier molecular flexibility index (Phi) is 3.23. The van der Waals surface area contributed by atoms with Crippen molar-refractivity contribution in [1.29, 1.82) is 0 Å². The molecule has 0 aromatic carbocycles. The topological polar surface area (TPSA) is 12.5 Å². The van der Waals surface area contributed by atoms with E-state index >= 15 is 0 Å². The van der Waals surface area contributed by atoms with Gasteiger partial charge in [-0.3, -0.25) is 7.97 Å². The van der Waals surface area contributed by atoms with Gasteiger partial charge in [-0.1, -0.05) is 0 Å². The van der Waals surface area contributed by atoms with Crippen LogP contribution in [-0.2, 0) is 3.07 Å². The molecule has 0 rings (SSSR count). The van der Waals surface area contributed by atoms with Crippen molar-refractivity contribution in [2.75, 3.05) is 14.1 Å². The predicted octanol–water partition coefficient (Wildman–Crippen LogP) is 1.65. The van der Waals surface area contributed by atoms with E-state index in [1.165, 1.54) is 0 Å². The maximum atomic E-state index is 5.10. The van der Waals surface area contributed by atoms with Crippen LogP contribution in [-0.4, -0.2) is 24.7 Å². The summed E-state index contributed by atoms with van der Waals surface area (Å²) in [5.74, 6) is 0. The Hall–Kier alpha value is 0.650. The maximum Gasteiger partial charge on any atom is 0.127 e. The average Bonchev–Trinajstić information content (AvgIpc) is 1.67. The van der Waals surface area contributed by atoms with E-state index in [-0.39, 0.29) is 5.72 Å². The molecule has 0 spiro atoms. The van der Waals surface area contributed by atoms with Crippen LogP contribution < -0.4 is 0 Å². The molecule has 0 fully saturated rings. The SMILES string of the molecule is CN(C)C(C)(C)OI. The van der Waals surface area contributed by atoms with Crippen LogP contribution in [0.5, 0.6) is 0 Å². The summed E-state index contributed by atoms with van der Waals surface area (Å²) >= 11 is 1.90. The third-order valence-corrected chi connectivity index (χ3v) is 2.34. The van der Waals surface area contributed by atoms with Gasteiger partial charge in [0.05, 0.1) is 0 Å². The smallest absolute Gasteiger partial charge is 0.127 e. The van der Waals surface area contributed by atoms with E-state index < -0.39 is 0 Å². The first kappa shape index (κ1) is 8.65. The molecule has 0 amide bonds. The van der Waals surface area contributed by atoms with E-state index in [0.717, 1.165) is 0 Å². The van der Waals surface area contributed by atoms with Crippen LogP contribution in [0, 0.1) is 0 Å². The predicted molar refractivity (Wildman–Crippen MR) is 42.9 cm³/mol. The largest absolute Gasteiger partial charge is 0.294 e. The van der Waals surface area contributed by atoms with Crippen molar-refractivity contribution in [2.24, 2.45) is 0 Å². The molecule has 0 saturated heterocycles. The highest BCUT2D eigenvalue weighted by Crippen LogP contribution is 2.14. The quantitative estimate of drug-likeness (QED) is 0.527. The third-order valence-electron chi connectivity index (χ3n) is 1.27. The van der Waals surface area contributed by atoms with E-state index in [0.29, 0.717) is 0 Å². The highest BCUT2D eigenvalue weighted by molar-refractivity contribution is 14.1. The maximum absolute atomic E-state index is 5.10. The molecule has 0 heterocycles. The summed E-state index contributed by atoms with van der Waals surface area (Å²) < 4.78 is 5.10. The van der Waals surface area contributed by atoms with Crippen LogP contribution >= 0.6 is 23.0 Å². The number of nitrogens with zero attached hydrogens (tertiary/aromatic N) is 1. The molecule has 0 aromatic heterocycles. The van der Waals surface area contributed by atoms with E-state index in [4.69, 9.17) is 3.07 Å². The minimum atomic E-state index is -0.138. The van der Waals surface area contributed by atoms with Gasteiger partial charge in [0.15, 0.2) is 0 Å². The van der Waals surface area contributed by atoms with E-state index in [2.05, 4.69) is 0 Å². The van der Waals surface area contributed by atoms with Crippen LogP contribution in [0.25, 0.3) is 0 Å². The minimum absolute atomic E-state index is 0.138. The Morgan fingerprint density at radius 3 is 1.75 bits per heavy atom. The van der Waals surface area contributed by atoms with Crippen molar-refractivity contribution in [1.82, 2.24) is 4.90 Å². The normalized spacial score (nSPS) is 12.8. The number of rotatable bonds is 2. The van der Waals surface area contributed by atoms with E-state index in [1.54, 1.807) is 0 Å². The molecule has 50 valence electrons. The lowest BCUT2D eigenvalue weighted by atomic mass is 10.3. The number of halogens is 1. The van der Waals surface area contributed by atoms with Gasteiger partial charge in [-0.2, -0.15) is 0 Å². The molecule has 0 bridgehead atoms. The van der Waals surface area contributed by atoms with Gasteiger partial charge in [0.25, 0.3) is 0 Å². The lowest BCUT2D eigenvalue weighted by molar-refractivity contribution is 0.0152. The van der Waals surface area contributed by atoms with Crippen LogP contribution in [0.4, 0.5) is 0 Å². The van der Waals surface area contributed by atoms with Gasteiger partial charge in [-0.25, -0.2) is 0 Å². The summed E-state index contributed by atoms with van der Waals surface area (Å²) in [6, 6.07) is 0. The van der Waals surface area contributed by atoms with Crippen molar-refractivity contribution in [3.8, 4) is 0 Å². The molecular weight excluding hydrogens is 217 g/mol. The molecule has 0 unspecified atom stereocenters. The lowest BCUT2D eigenvalue weighted by Gasteiger charge is -2.28. The molecule has 0 radical (unpaired) electrons. The number of hydrogen-bond acceptors (Lipinski definition) is 2. The Bertz CT molecular complexity index is 72.8. The zero-order chi connectivity index (χ0) is 6.78. The van der Waals surface area contributed by atoms with Crippen molar-refractivity contribution >= 4 is 23.0 Å². The molecule has 3 heteroatoms. The Labute approximate surface area is 64.9 Å². The van der Waals surface area contributed by atoms with Crippen LogP contribution in [0.15, 0.2) is 0 Å². The summed E-state index contributed by atoms with van der Waals surface area (Å²) in [6.07, 6.45) is 0. The monoisotopic (exact) mass is 229 g/mol. The van der Waals surface area contributed by atoms with Crippen molar-refractivity contribution in [3.63, 3.8) is 0 Å². The van der Waals surface area contributed by atoms with Crippen LogP contribution in [0.1, 0.15) is 13.8 Å². The molecule has 0 aromatic rings. The molecule has 0 aliphatic heterocycles. The lowest BCUT2D eigenvalue weighted by Crippen LogP contribution is -2.38. The summed E-state index contributed by atoms with van der Waals surface area (Å²) in [4.78, 5) is 2.01. The zero-order valence-electron chi connectivity index (χ0n) is 5.73. The third kappa shape index (κ3) is 2.28. The second-order valence-corrected chi connectivity index (χ2v) is 2.86. The van der Waals surface area contributed by atoms with Gasteiger partial charge in [0, 0.05) is 0 Å². The zero-order valence-corrected chi connectivity index (χ0v) is 7.89. The highest BCUT2D eigenvalue weighted by atomic mass is 127. The first-order chi connectivity index (χ1) is 3.50. The summed E-state index contributed by atoms with van der Waals surface area (Å²) in [6.45, 7) is 4.03. The molecule has 0 aliphatic carbocycles. The Morgan fingerprint density at radius 2 is 1.75 bits per heavy atom. The van der Waals surface area contributed by atoms with Gasteiger partial charge < -0.3 is 0 Å². The Balaban J connectivity index is 3.71. The first-order valence-electron chi connectivity index (χ1n) is 2.48. The van der Waals surface area contributed by atoms with Crippen molar-refractivity contribution < 1.29 is 3.07 Å². The van der Waals surface area contributed by atoms with E-state index in [1.807, 2.05) is 55.8 Å². The van der Waals surface area contributed by atoms with Gasteiger partial charge in [-0.15, -0.1) is 0 Å². The minimum Gasteiger partial charge on any atom is -0.294 e. The van der Waals surface area contributed by atoms with Gasteiger partial charge in [0.2, 0.25) is 0 Å². The van der Waals surface area contributed by atoms with E-state index in [9.17, 15) is 0 Å². The Morgan fingerprint density at radius 1 is 1.38 bits per heavy atom. The molecule has 0 N–H and O–H groups in total. The van der Waals surface area contributed by atoms with Gasteiger partial charge in [-0.05, 0) is 27.9 Å². The molecule has 2 nitrogen and oxygen atoms in total.